The summed E-state index contributed by atoms with van der Waals surface area (Å²) in [6.45, 7) is 1.68. The van der Waals surface area contributed by atoms with Gasteiger partial charge in [-0.2, -0.15) is 0 Å². The Morgan fingerprint density at radius 2 is 1.88 bits per heavy atom. The molecule has 3 aromatic rings. The SMILES string of the molecule is Cc1ccccc1C(C(=O)NC1CCCC1)N(C(=O)CNC(=O)c1cccs1)c1cccnc1. The van der Waals surface area contributed by atoms with Crippen molar-refractivity contribution in [1.29, 1.82) is 0 Å². The van der Waals surface area contributed by atoms with Crippen molar-refractivity contribution in [2.45, 2.75) is 44.7 Å². The van der Waals surface area contributed by atoms with E-state index in [4.69, 9.17) is 0 Å². The van der Waals surface area contributed by atoms with Gasteiger partial charge >= 0.3 is 0 Å². The van der Waals surface area contributed by atoms with E-state index < -0.39 is 11.9 Å². The van der Waals surface area contributed by atoms with Crippen molar-refractivity contribution in [3.05, 3.63) is 82.3 Å². The zero-order chi connectivity index (χ0) is 23.9. The van der Waals surface area contributed by atoms with Gasteiger partial charge in [0, 0.05) is 12.2 Å². The zero-order valence-electron chi connectivity index (χ0n) is 19.1. The highest BCUT2D eigenvalue weighted by Crippen LogP contribution is 2.30. The maximum absolute atomic E-state index is 13.7. The second-order valence-electron chi connectivity index (χ2n) is 8.38. The molecule has 2 N–H and O–H groups in total. The maximum atomic E-state index is 13.7. The Kier molecular flexibility index (Phi) is 7.69. The summed E-state index contributed by atoms with van der Waals surface area (Å²) in [5, 5.41) is 7.66. The molecular weight excluding hydrogens is 448 g/mol. The third-order valence-corrected chi connectivity index (χ3v) is 6.90. The second kappa shape index (κ2) is 11.1. The number of thiophene rings is 1. The number of pyridine rings is 1. The first-order valence-electron chi connectivity index (χ1n) is 11.4. The average Bonchev–Trinajstić information content (AvgIpc) is 3.56. The van der Waals surface area contributed by atoms with Gasteiger partial charge in [0.05, 0.1) is 23.3 Å². The molecule has 0 bridgehead atoms. The molecule has 2 heterocycles. The van der Waals surface area contributed by atoms with Crippen LogP contribution in [0, 0.1) is 6.92 Å². The average molecular weight is 477 g/mol. The fourth-order valence-corrected chi connectivity index (χ4v) is 4.95. The first-order valence-corrected chi connectivity index (χ1v) is 12.3. The number of amides is 3. The van der Waals surface area contributed by atoms with Crippen LogP contribution in [-0.2, 0) is 9.59 Å². The van der Waals surface area contributed by atoms with Crippen molar-refractivity contribution < 1.29 is 14.4 Å². The molecule has 0 aliphatic heterocycles. The Hall–Kier alpha value is -3.52. The normalized spacial score (nSPS) is 14.4. The molecule has 1 saturated carbocycles. The van der Waals surface area contributed by atoms with Gasteiger partial charge in [-0.05, 0) is 54.5 Å². The first kappa shape index (κ1) is 23.6. The molecule has 2 aromatic heterocycles. The van der Waals surface area contributed by atoms with E-state index in [-0.39, 0.29) is 24.4 Å². The number of carbonyl (C=O) groups is 3. The Morgan fingerprint density at radius 1 is 1.09 bits per heavy atom. The predicted octanol–water partition coefficient (Wildman–Crippen LogP) is 4.01. The summed E-state index contributed by atoms with van der Waals surface area (Å²) < 4.78 is 0. The van der Waals surface area contributed by atoms with Gasteiger partial charge in [0.25, 0.3) is 5.91 Å². The monoisotopic (exact) mass is 476 g/mol. The van der Waals surface area contributed by atoms with Crippen LogP contribution in [0.25, 0.3) is 0 Å². The summed E-state index contributed by atoms with van der Waals surface area (Å²) in [7, 11) is 0. The summed E-state index contributed by atoms with van der Waals surface area (Å²) in [4.78, 5) is 45.9. The molecule has 8 heteroatoms. The Bertz CT molecular complexity index is 1130. The zero-order valence-corrected chi connectivity index (χ0v) is 19.9. The van der Waals surface area contributed by atoms with Crippen LogP contribution < -0.4 is 15.5 Å². The minimum atomic E-state index is -0.892. The van der Waals surface area contributed by atoms with Crippen LogP contribution in [0.2, 0.25) is 0 Å². The number of hydrogen-bond donors (Lipinski definition) is 2. The Morgan fingerprint density at radius 3 is 2.56 bits per heavy atom. The van der Waals surface area contributed by atoms with E-state index in [0.29, 0.717) is 10.6 Å². The molecule has 0 spiro atoms. The number of nitrogens with zero attached hydrogens (tertiary/aromatic N) is 2. The lowest BCUT2D eigenvalue weighted by atomic mass is 9.98. The van der Waals surface area contributed by atoms with Crippen LogP contribution in [0.1, 0.15) is 52.5 Å². The fourth-order valence-electron chi connectivity index (χ4n) is 4.31. The number of carbonyl (C=O) groups excluding carboxylic acids is 3. The van der Waals surface area contributed by atoms with Crippen molar-refractivity contribution in [3.8, 4) is 0 Å². The van der Waals surface area contributed by atoms with E-state index >= 15 is 0 Å². The van der Waals surface area contributed by atoms with E-state index in [1.165, 1.54) is 16.2 Å². The number of aromatic nitrogens is 1. The Balaban J connectivity index is 1.67. The molecule has 176 valence electrons. The van der Waals surface area contributed by atoms with Gasteiger partial charge in [-0.1, -0.05) is 43.2 Å². The highest BCUT2D eigenvalue weighted by atomic mass is 32.1. The molecule has 0 radical (unpaired) electrons. The minimum absolute atomic E-state index is 0.100. The number of benzene rings is 1. The molecule has 3 amide bonds. The van der Waals surface area contributed by atoms with Gasteiger partial charge in [0.15, 0.2) is 0 Å². The van der Waals surface area contributed by atoms with Gasteiger partial charge in [0.1, 0.15) is 6.04 Å². The van der Waals surface area contributed by atoms with Gasteiger partial charge in [0.2, 0.25) is 11.8 Å². The lowest BCUT2D eigenvalue weighted by Gasteiger charge is -2.33. The number of hydrogen-bond acceptors (Lipinski definition) is 5. The Labute approximate surface area is 203 Å². The highest BCUT2D eigenvalue weighted by Gasteiger charge is 2.35. The van der Waals surface area contributed by atoms with Crippen molar-refractivity contribution >= 4 is 34.7 Å². The van der Waals surface area contributed by atoms with Gasteiger partial charge in [-0.3, -0.25) is 24.3 Å². The predicted molar refractivity (Wildman–Crippen MR) is 133 cm³/mol. The fraction of sp³-hybridized carbons (Fsp3) is 0.308. The number of nitrogens with one attached hydrogen (secondary N) is 2. The summed E-state index contributed by atoms with van der Waals surface area (Å²) in [6.07, 6.45) is 7.22. The first-order chi connectivity index (χ1) is 16.5. The lowest BCUT2D eigenvalue weighted by Crippen LogP contribution is -2.49. The minimum Gasteiger partial charge on any atom is -0.351 e. The molecule has 0 saturated heterocycles. The van der Waals surface area contributed by atoms with E-state index in [9.17, 15) is 14.4 Å². The smallest absolute Gasteiger partial charge is 0.261 e. The third-order valence-electron chi connectivity index (χ3n) is 6.03. The topological polar surface area (TPSA) is 91.4 Å². The number of anilines is 1. The molecule has 1 aliphatic rings. The summed E-state index contributed by atoms with van der Waals surface area (Å²) in [5.41, 5.74) is 2.13. The van der Waals surface area contributed by atoms with E-state index in [2.05, 4.69) is 15.6 Å². The molecule has 34 heavy (non-hydrogen) atoms. The summed E-state index contributed by atoms with van der Waals surface area (Å²) in [5.74, 6) is -0.951. The standard InChI is InChI=1S/C26H28N4O3S/c1-18-8-2-5-12-21(18)24(26(33)29-19-9-3-4-10-19)30(20-11-6-14-27-16-20)23(31)17-28-25(32)22-13-7-15-34-22/h2,5-8,11-16,19,24H,3-4,9-10,17H2,1H3,(H,28,32)(H,29,33). The maximum Gasteiger partial charge on any atom is 0.261 e. The molecule has 1 fully saturated rings. The van der Waals surface area contributed by atoms with Gasteiger partial charge < -0.3 is 10.6 Å². The summed E-state index contributed by atoms with van der Waals surface area (Å²) in [6, 6.07) is 13.7. The highest BCUT2D eigenvalue weighted by molar-refractivity contribution is 7.12. The van der Waals surface area contributed by atoms with Crippen LogP contribution in [-0.4, -0.2) is 35.3 Å². The van der Waals surface area contributed by atoms with Crippen LogP contribution in [0.3, 0.4) is 0 Å². The van der Waals surface area contributed by atoms with Crippen molar-refractivity contribution in [1.82, 2.24) is 15.6 Å². The molecule has 4 rings (SSSR count). The largest absolute Gasteiger partial charge is 0.351 e. The molecule has 1 aliphatic carbocycles. The van der Waals surface area contributed by atoms with Crippen LogP contribution in [0.4, 0.5) is 5.69 Å². The number of rotatable bonds is 8. The molecule has 1 unspecified atom stereocenters. The van der Waals surface area contributed by atoms with Gasteiger partial charge in [-0.15, -0.1) is 11.3 Å². The van der Waals surface area contributed by atoms with E-state index in [1.54, 1.807) is 42.0 Å². The van der Waals surface area contributed by atoms with Crippen LogP contribution in [0.15, 0.2) is 66.3 Å². The van der Waals surface area contributed by atoms with E-state index in [0.717, 1.165) is 36.8 Å². The lowest BCUT2D eigenvalue weighted by molar-refractivity contribution is -0.126. The third kappa shape index (κ3) is 5.51. The van der Waals surface area contributed by atoms with Crippen molar-refractivity contribution in [2.24, 2.45) is 0 Å². The quantitative estimate of drug-likeness (QED) is 0.514. The van der Waals surface area contributed by atoms with Gasteiger partial charge in [-0.25, -0.2) is 0 Å². The molecular formula is C26H28N4O3S. The van der Waals surface area contributed by atoms with Crippen molar-refractivity contribution in [2.75, 3.05) is 11.4 Å². The molecule has 7 nitrogen and oxygen atoms in total. The van der Waals surface area contributed by atoms with Crippen molar-refractivity contribution in [3.63, 3.8) is 0 Å². The van der Waals surface area contributed by atoms with Crippen LogP contribution >= 0.6 is 11.3 Å². The number of aryl methyl sites for hydroxylation is 1. The molecule has 1 atom stereocenters. The summed E-state index contributed by atoms with van der Waals surface area (Å²) >= 11 is 1.30. The second-order valence-corrected chi connectivity index (χ2v) is 9.33. The van der Waals surface area contributed by atoms with E-state index in [1.807, 2.05) is 31.2 Å². The molecule has 1 aromatic carbocycles. The van der Waals surface area contributed by atoms with Crippen LogP contribution in [0.5, 0.6) is 0 Å².